The molecule has 142 valence electrons. The normalized spacial score (nSPS) is 12.3. The molecule has 0 spiro atoms. The van der Waals surface area contributed by atoms with Crippen molar-refractivity contribution in [3.63, 3.8) is 0 Å². The van der Waals surface area contributed by atoms with E-state index in [1.165, 1.54) is 6.33 Å². The highest BCUT2D eigenvalue weighted by Gasteiger charge is 2.14. The number of nitrogens with one attached hydrogen (secondary N) is 1. The van der Waals surface area contributed by atoms with Crippen LogP contribution in [-0.2, 0) is 0 Å². The number of aliphatic hydroxyl groups excluding tert-OH is 1. The Labute approximate surface area is 166 Å². The summed E-state index contributed by atoms with van der Waals surface area (Å²) in [6.07, 6.45) is 8.71. The molecule has 0 amide bonds. The first-order chi connectivity index (χ1) is 14.3. The number of anilines is 1. The first-order valence-corrected chi connectivity index (χ1v) is 9.28. The van der Waals surface area contributed by atoms with Crippen molar-refractivity contribution in [1.82, 2.24) is 24.3 Å². The molecule has 0 saturated heterocycles. The van der Waals surface area contributed by atoms with Gasteiger partial charge in [0.15, 0.2) is 5.65 Å². The molecule has 0 saturated carbocycles. The van der Waals surface area contributed by atoms with E-state index >= 15 is 0 Å². The van der Waals surface area contributed by atoms with Gasteiger partial charge in [-0.15, -0.1) is 0 Å². The minimum atomic E-state index is -0.264. The van der Waals surface area contributed by atoms with Gasteiger partial charge in [-0.2, -0.15) is 0 Å². The van der Waals surface area contributed by atoms with Gasteiger partial charge in [-0.25, -0.2) is 15.0 Å². The van der Waals surface area contributed by atoms with Gasteiger partial charge in [0, 0.05) is 23.3 Å². The van der Waals surface area contributed by atoms with E-state index in [9.17, 15) is 5.11 Å². The molecule has 29 heavy (non-hydrogen) atoms. The van der Waals surface area contributed by atoms with Crippen molar-refractivity contribution < 1.29 is 5.11 Å². The molecule has 7 heteroatoms. The number of fused-ring (bicyclic) bond motifs is 2. The van der Waals surface area contributed by atoms with Crippen LogP contribution in [0.4, 0.5) is 5.82 Å². The van der Waals surface area contributed by atoms with Gasteiger partial charge in [0.1, 0.15) is 12.1 Å². The van der Waals surface area contributed by atoms with Crippen LogP contribution in [0.1, 0.15) is 11.6 Å². The largest absolute Gasteiger partial charge is 0.394 e. The van der Waals surface area contributed by atoms with E-state index in [4.69, 9.17) is 0 Å². The summed E-state index contributed by atoms with van der Waals surface area (Å²) in [5.41, 5.74) is 4.56. The van der Waals surface area contributed by atoms with Crippen LogP contribution >= 0.6 is 0 Å². The zero-order valence-electron chi connectivity index (χ0n) is 15.5. The third-order valence-corrected chi connectivity index (χ3v) is 4.94. The fraction of sp³-hybridized carbons (Fsp3) is 0.0909. The molecular formula is C22H18N6O. The van der Waals surface area contributed by atoms with Crippen molar-refractivity contribution in [2.24, 2.45) is 0 Å². The summed E-state index contributed by atoms with van der Waals surface area (Å²) in [7, 11) is 0. The number of rotatable bonds is 5. The smallest absolute Gasteiger partial charge is 0.155 e. The second kappa shape index (κ2) is 7.29. The Kier molecular flexibility index (Phi) is 4.34. The van der Waals surface area contributed by atoms with E-state index in [2.05, 4.69) is 25.3 Å². The quantitative estimate of drug-likeness (QED) is 0.484. The third kappa shape index (κ3) is 3.17. The Morgan fingerprint density at radius 1 is 1.00 bits per heavy atom. The minimum Gasteiger partial charge on any atom is -0.394 e. The van der Waals surface area contributed by atoms with Crippen molar-refractivity contribution in [2.45, 2.75) is 6.04 Å². The molecule has 1 atom stereocenters. The highest BCUT2D eigenvalue weighted by Crippen LogP contribution is 2.29. The van der Waals surface area contributed by atoms with Gasteiger partial charge in [0.25, 0.3) is 0 Å². The Hall–Kier alpha value is -3.84. The lowest BCUT2D eigenvalue weighted by atomic mass is 10.1. The zero-order valence-corrected chi connectivity index (χ0v) is 15.5. The SMILES string of the molecule is OCC(Nc1ncnc2ccc(-c3cnc4cnccn34)cc12)c1ccccc1. The van der Waals surface area contributed by atoms with Crippen LogP contribution in [0, 0.1) is 0 Å². The van der Waals surface area contributed by atoms with Crippen LogP contribution in [0.3, 0.4) is 0 Å². The molecule has 0 aliphatic rings. The summed E-state index contributed by atoms with van der Waals surface area (Å²) in [6.45, 7) is -0.0462. The van der Waals surface area contributed by atoms with E-state index in [0.29, 0.717) is 5.82 Å². The Balaban J connectivity index is 1.59. The number of aromatic nitrogens is 5. The van der Waals surface area contributed by atoms with Crippen LogP contribution in [0.5, 0.6) is 0 Å². The van der Waals surface area contributed by atoms with Crippen molar-refractivity contribution in [1.29, 1.82) is 0 Å². The maximum Gasteiger partial charge on any atom is 0.155 e. The molecule has 0 aliphatic carbocycles. The molecule has 2 N–H and O–H groups in total. The predicted octanol–water partition coefficient (Wildman–Crippen LogP) is 3.49. The summed E-state index contributed by atoms with van der Waals surface area (Å²) in [5, 5.41) is 14.2. The van der Waals surface area contributed by atoms with E-state index in [-0.39, 0.29) is 12.6 Å². The standard InChI is InChI=1S/C22H18N6O/c29-13-19(15-4-2-1-3-5-15)27-22-17-10-16(6-7-18(17)25-14-26-22)20-11-24-21-12-23-8-9-28(20)21/h1-12,14,19,29H,13H2,(H,25,26,27). The summed E-state index contributed by atoms with van der Waals surface area (Å²) in [6, 6.07) is 15.6. The van der Waals surface area contributed by atoms with E-state index in [1.54, 1.807) is 12.4 Å². The summed E-state index contributed by atoms with van der Waals surface area (Å²) in [4.78, 5) is 17.4. The van der Waals surface area contributed by atoms with Gasteiger partial charge >= 0.3 is 0 Å². The zero-order chi connectivity index (χ0) is 19.6. The van der Waals surface area contributed by atoms with Gasteiger partial charge in [0.2, 0.25) is 0 Å². The Morgan fingerprint density at radius 2 is 1.90 bits per heavy atom. The van der Waals surface area contributed by atoms with Gasteiger partial charge < -0.3 is 10.4 Å². The van der Waals surface area contributed by atoms with Crippen LogP contribution in [0.2, 0.25) is 0 Å². The molecule has 3 heterocycles. The molecule has 2 aromatic carbocycles. The van der Waals surface area contributed by atoms with Crippen molar-refractivity contribution in [2.75, 3.05) is 11.9 Å². The van der Waals surface area contributed by atoms with Gasteiger partial charge in [-0.05, 0) is 17.7 Å². The van der Waals surface area contributed by atoms with Crippen molar-refractivity contribution >= 4 is 22.4 Å². The first kappa shape index (κ1) is 17.3. The van der Waals surface area contributed by atoms with E-state index in [0.717, 1.165) is 33.4 Å². The summed E-state index contributed by atoms with van der Waals surface area (Å²) < 4.78 is 1.99. The second-order valence-corrected chi connectivity index (χ2v) is 6.69. The average Bonchev–Trinajstić information content (AvgIpc) is 3.22. The third-order valence-electron chi connectivity index (χ3n) is 4.94. The Morgan fingerprint density at radius 3 is 2.76 bits per heavy atom. The van der Waals surface area contributed by atoms with Crippen molar-refractivity contribution in [3.05, 3.63) is 85.2 Å². The predicted molar refractivity (Wildman–Crippen MR) is 111 cm³/mol. The fourth-order valence-corrected chi connectivity index (χ4v) is 3.47. The lowest BCUT2D eigenvalue weighted by Gasteiger charge is -2.18. The lowest BCUT2D eigenvalue weighted by Crippen LogP contribution is -2.16. The molecule has 5 aromatic rings. The molecule has 7 nitrogen and oxygen atoms in total. The van der Waals surface area contributed by atoms with E-state index < -0.39 is 0 Å². The molecule has 0 aliphatic heterocycles. The maximum absolute atomic E-state index is 9.91. The maximum atomic E-state index is 9.91. The molecule has 0 fully saturated rings. The lowest BCUT2D eigenvalue weighted by molar-refractivity contribution is 0.276. The highest BCUT2D eigenvalue weighted by molar-refractivity contribution is 5.92. The fourth-order valence-electron chi connectivity index (χ4n) is 3.47. The van der Waals surface area contributed by atoms with Crippen LogP contribution in [-0.4, -0.2) is 36.1 Å². The van der Waals surface area contributed by atoms with Gasteiger partial charge in [-0.1, -0.05) is 36.4 Å². The van der Waals surface area contributed by atoms with Gasteiger partial charge in [-0.3, -0.25) is 9.38 Å². The molecule has 0 radical (unpaired) electrons. The average molecular weight is 382 g/mol. The van der Waals surface area contributed by atoms with Crippen LogP contribution in [0.25, 0.3) is 27.8 Å². The number of aliphatic hydroxyl groups is 1. The second-order valence-electron chi connectivity index (χ2n) is 6.69. The number of hydrogen-bond donors (Lipinski definition) is 2. The molecule has 5 rings (SSSR count). The van der Waals surface area contributed by atoms with Crippen LogP contribution in [0.15, 0.2) is 79.6 Å². The van der Waals surface area contributed by atoms with Gasteiger partial charge in [0.05, 0.1) is 36.3 Å². The number of hydrogen-bond acceptors (Lipinski definition) is 6. The topological polar surface area (TPSA) is 88.2 Å². The monoisotopic (exact) mass is 382 g/mol. The molecule has 0 bridgehead atoms. The Bertz CT molecular complexity index is 1280. The molecule has 1 unspecified atom stereocenters. The minimum absolute atomic E-state index is 0.0462. The molecular weight excluding hydrogens is 364 g/mol. The number of benzene rings is 2. The van der Waals surface area contributed by atoms with E-state index in [1.807, 2.05) is 65.3 Å². The van der Waals surface area contributed by atoms with Crippen LogP contribution < -0.4 is 5.32 Å². The molecule has 3 aromatic heterocycles. The van der Waals surface area contributed by atoms with Crippen molar-refractivity contribution in [3.8, 4) is 11.3 Å². The summed E-state index contributed by atoms with van der Waals surface area (Å²) in [5.74, 6) is 0.676. The highest BCUT2D eigenvalue weighted by atomic mass is 16.3. The number of imidazole rings is 1. The summed E-state index contributed by atoms with van der Waals surface area (Å²) >= 11 is 0. The number of nitrogens with zero attached hydrogens (tertiary/aromatic N) is 5. The first-order valence-electron chi connectivity index (χ1n) is 9.28.